The predicted octanol–water partition coefficient (Wildman–Crippen LogP) is 0.201. The van der Waals surface area contributed by atoms with Crippen LogP contribution in [0.1, 0.15) is 34.8 Å². The highest BCUT2D eigenvalue weighted by Crippen LogP contribution is 2.16. The molecule has 34 heavy (non-hydrogen) atoms. The van der Waals surface area contributed by atoms with Gasteiger partial charge in [0.15, 0.2) is 0 Å². The van der Waals surface area contributed by atoms with Gasteiger partial charge in [0.1, 0.15) is 11.9 Å². The van der Waals surface area contributed by atoms with Crippen LogP contribution in [-0.4, -0.2) is 56.3 Å². The minimum atomic E-state index is -4.12. The second kappa shape index (κ2) is 11.9. The van der Waals surface area contributed by atoms with Crippen molar-refractivity contribution in [3.63, 3.8) is 0 Å². The molecule has 0 radical (unpaired) electrons. The van der Waals surface area contributed by atoms with E-state index >= 15 is 0 Å². The number of nitrogens with one attached hydrogen (secondary N) is 4. The quantitative estimate of drug-likeness (QED) is 0.181. The van der Waals surface area contributed by atoms with E-state index in [2.05, 4.69) is 15.4 Å². The Morgan fingerprint density at radius 1 is 1.03 bits per heavy atom. The lowest BCUT2D eigenvalue weighted by Crippen LogP contribution is -2.48. The van der Waals surface area contributed by atoms with Crippen LogP contribution in [0.3, 0.4) is 0 Å². The maximum absolute atomic E-state index is 12.7. The lowest BCUT2D eigenvalue weighted by Gasteiger charge is -2.17. The van der Waals surface area contributed by atoms with E-state index in [4.69, 9.17) is 11.1 Å². The molecule has 0 fully saturated rings. The third kappa shape index (κ3) is 7.39. The fourth-order valence-corrected chi connectivity index (χ4v) is 4.49. The van der Waals surface area contributed by atoms with Gasteiger partial charge in [-0.2, -0.15) is 4.72 Å². The molecule has 11 nitrogen and oxygen atoms in total. The van der Waals surface area contributed by atoms with Crippen LogP contribution in [0.4, 0.5) is 0 Å². The molecule has 0 aliphatic heterocycles. The number of amides is 2. The normalized spacial score (nSPS) is 11.9. The van der Waals surface area contributed by atoms with Crippen LogP contribution in [0, 0.1) is 5.41 Å². The molecule has 1 unspecified atom stereocenters. The number of hydrogen-bond donors (Lipinski definition) is 6. The number of nitrogens with two attached hydrogens (primary N) is 1. The zero-order valence-electron chi connectivity index (χ0n) is 18.5. The second-order valence-electron chi connectivity index (χ2n) is 7.27. The molecule has 1 atom stereocenters. The number of aliphatic carboxylic acids is 1. The van der Waals surface area contributed by atoms with Gasteiger partial charge in [-0.25, -0.2) is 8.42 Å². The Kier molecular flexibility index (Phi) is 9.27. The Balaban J connectivity index is 1.87. The lowest BCUT2D eigenvalue weighted by atomic mass is 10.1. The van der Waals surface area contributed by atoms with E-state index in [-0.39, 0.29) is 23.7 Å². The van der Waals surface area contributed by atoms with Crippen molar-refractivity contribution in [2.45, 2.75) is 30.7 Å². The monoisotopic (exact) mass is 489 g/mol. The predicted molar refractivity (Wildman–Crippen MR) is 125 cm³/mol. The fraction of sp³-hybridized carbons (Fsp3) is 0.273. The summed E-state index contributed by atoms with van der Waals surface area (Å²) in [6.45, 7) is 1.29. The number of benzene rings is 2. The van der Waals surface area contributed by atoms with E-state index in [1.54, 1.807) is 19.1 Å². The molecule has 2 amide bonds. The summed E-state index contributed by atoms with van der Waals surface area (Å²) in [7, 11) is -4.12. The maximum atomic E-state index is 12.7. The van der Waals surface area contributed by atoms with E-state index in [9.17, 15) is 27.9 Å². The summed E-state index contributed by atoms with van der Waals surface area (Å²) in [5, 5.41) is 21.6. The first-order chi connectivity index (χ1) is 16.0. The van der Waals surface area contributed by atoms with E-state index in [1.165, 1.54) is 36.4 Å². The van der Waals surface area contributed by atoms with Gasteiger partial charge in [-0.3, -0.25) is 19.8 Å². The minimum absolute atomic E-state index is 0.0193. The Hall–Kier alpha value is -3.77. The number of amidine groups is 1. The van der Waals surface area contributed by atoms with E-state index in [0.717, 1.165) is 0 Å². The first-order valence-corrected chi connectivity index (χ1v) is 11.9. The number of nitrogen functional groups attached to an aromatic ring is 1. The number of rotatable bonds is 12. The fourth-order valence-electron chi connectivity index (χ4n) is 2.99. The lowest BCUT2D eigenvalue weighted by molar-refractivity contribution is -0.138. The zero-order chi connectivity index (χ0) is 25.3. The molecule has 0 spiro atoms. The van der Waals surface area contributed by atoms with Crippen LogP contribution in [-0.2, 0) is 26.0 Å². The van der Waals surface area contributed by atoms with Crippen LogP contribution in [0.25, 0.3) is 0 Å². The number of carbonyl (C=O) groups excluding carboxylic acids is 2. The van der Waals surface area contributed by atoms with Gasteiger partial charge in [0.25, 0.3) is 5.91 Å². The zero-order valence-corrected chi connectivity index (χ0v) is 19.3. The maximum Gasteiger partial charge on any atom is 0.323 e. The van der Waals surface area contributed by atoms with Crippen molar-refractivity contribution < 1.29 is 27.9 Å². The Labute approximate surface area is 197 Å². The first kappa shape index (κ1) is 26.5. The molecule has 0 saturated carbocycles. The van der Waals surface area contributed by atoms with Crippen molar-refractivity contribution >= 4 is 33.6 Å². The van der Waals surface area contributed by atoms with Crippen molar-refractivity contribution in [2.24, 2.45) is 5.73 Å². The molecule has 0 saturated heterocycles. The molecule has 0 heterocycles. The van der Waals surface area contributed by atoms with Crippen LogP contribution >= 0.6 is 0 Å². The summed E-state index contributed by atoms with van der Waals surface area (Å²) in [6.07, 6.45) is 0.299. The highest BCUT2D eigenvalue weighted by Gasteiger charge is 2.27. The highest BCUT2D eigenvalue weighted by atomic mass is 32.2. The average molecular weight is 490 g/mol. The molecular weight excluding hydrogens is 462 g/mol. The molecule has 0 aliphatic rings. The van der Waals surface area contributed by atoms with Crippen molar-refractivity contribution in [1.82, 2.24) is 15.4 Å². The number of aryl methyl sites for hydroxylation is 1. The molecule has 2 aromatic rings. The minimum Gasteiger partial charge on any atom is -0.480 e. The number of carboxylic acid groups (broad SMARTS) is 1. The van der Waals surface area contributed by atoms with Crippen LogP contribution in [0.5, 0.6) is 0 Å². The van der Waals surface area contributed by atoms with Gasteiger partial charge in [-0.1, -0.05) is 37.3 Å². The van der Waals surface area contributed by atoms with Crippen LogP contribution in [0.15, 0.2) is 53.4 Å². The number of carbonyl (C=O) groups is 3. The van der Waals surface area contributed by atoms with E-state index in [1.807, 2.05) is 0 Å². The van der Waals surface area contributed by atoms with Crippen LogP contribution in [0.2, 0.25) is 0 Å². The van der Waals surface area contributed by atoms with Crippen molar-refractivity contribution in [1.29, 1.82) is 5.41 Å². The van der Waals surface area contributed by atoms with Gasteiger partial charge >= 0.3 is 5.97 Å². The number of sulfonamides is 1. The van der Waals surface area contributed by atoms with Crippen molar-refractivity contribution in [3.05, 3.63) is 65.2 Å². The topological polar surface area (TPSA) is 192 Å². The second-order valence-corrected chi connectivity index (χ2v) is 8.96. The van der Waals surface area contributed by atoms with E-state index < -0.39 is 40.4 Å². The van der Waals surface area contributed by atoms with Gasteiger partial charge in [-0.05, 0) is 30.2 Å². The standard InChI is InChI=1S/C22H27N5O6S/c1-2-14-5-3-4-6-18(14)34(32,33)27-17(22(30)31)13-26-19(28)11-12-25-21(29)16-9-7-15(8-10-16)20(23)24/h3-10,17,27H,2,11-13H2,1H3,(H3,23,24)(H,25,29)(H,26,28)(H,30,31). The molecule has 2 rings (SSSR count). The van der Waals surface area contributed by atoms with Gasteiger partial charge in [-0.15, -0.1) is 0 Å². The molecule has 7 N–H and O–H groups in total. The summed E-state index contributed by atoms with van der Waals surface area (Å²) < 4.78 is 27.4. The Bertz CT molecular complexity index is 1160. The molecular formula is C22H27N5O6S. The molecule has 2 aromatic carbocycles. The smallest absolute Gasteiger partial charge is 0.323 e. The summed E-state index contributed by atoms with van der Waals surface area (Å²) >= 11 is 0. The highest BCUT2D eigenvalue weighted by molar-refractivity contribution is 7.89. The van der Waals surface area contributed by atoms with Crippen LogP contribution < -0.4 is 21.1 Å². The average Bonchev–Trinajstić information content (AvgIpc) is 2.81. The largest absolute Gasteiger partial charge is 0.480 e. The Morgan fingerprint density at radius 3 is 2.24 bits per heavy atom. The number of carboxylic acids is 1. The molecule has 0 aromatic heterocycles. The molecule has 12 heteroatoms. The summed E-state index contributed by atoms with van der Waals surface area (Å²) in [4.78, 5) is 35.7. The number of hydrogen-bond acceptors (Lipinski definition) is 6. The van der Waals surface area contributed by atoms with Crippen molar-refractivity contribution in [3.8, 4) is 0 Å². The summed E-state index contributed by atoms with van der Waals surface area (Å²) in [6, 6.07) is 10.7. The SMILES string of the molecule is CCc1ccccc1S(=O)(=O)NC(CNC(=O)CCNC(=O)c1ccc(C(=N)N)cc1)C(=O)O. The van der Waals surface area contributed by atoms with Crippen molar-refractivity contribution in [2.75, 3.05) is 13.1 Å². The molecule has 0 bridgehead atoms. The third-order valence-electron chi connectivity index (χ3n) is 4.84. The molecule has 0 aliphatic carbocycles. The van der Waals surface area contributed by atoms with Gasteiger partial charge in [0.05, 0.1) is 4.90 Å². The van der Waals surface area contributed by atoms with Gasteiger partial charge < -0.3 is 21.5 Å². The summed E-state index contributed by atoms with van der Waals surface area (Å²) in [5.74, 6) is -2.57. The first-order valence-electron chi connectivity index (χ1n) is 10.4. The molecule has 182 valence electrons. The van der Waals surface area contributed by atoms with Gasteiger partial charge in [0, 0.05) is 30.6 Å². The Morgan fingerprint density at radius 2 is 1.65 bits per heavy atom. The summed E-state index contributed by atoms with van der Waals surface area (Å²) in [5.41, 5.74) is 6.69. The third-order valence-corrected chi connectivity index (χ3v) is 6.41. The van der Waals surface area contributed by atoms with Gasteiger partial charge in [0.2, 0.25) is 15.9 Å². The van der Waals surface area contributed by atoms with E-state index in [0.29, 0.717) is 23.1 Å².